The maximum Gasteiger partial charge on any atom is 0.129 e. The van der Waals surface area contributed by atoms with Crippen molar-refractivity contribution in [3.05, 3.63) is 100 Å². The molecule has 0 aliphatic heterocycles. The molecule has 0 aliphatic carbocycles. The highest BCUT2D eigenvalue weighted by molar-refractivity contribution is 6.31. The third-order valence-corrected chi connectivity index (χ3v) is 5.29. The monoisotopic (exact) mass is 436 g/mol. The van der Waals surface area contributed by atoms with E-state index in [4.69, 9.17) is 16.3 Å². The molecule has 3 aromatic carbocycles. The first-order chi connectivity index (χ1) is 15.2. The Morgan fingerprint density at radius 1 is 0.935 bits per heavy atom. The first kappa shape index (κ1) is 21.0. The molecule has 0 atom stereocenters. The maximum absolute atomic E-state index is 14.3. The zero-order valence-corrected chi connectivity index (χ0v) is 17.8. The van der Waals surface area contributed by atoms with Crippen molar-refractivity contribution in [1.29, 1.82) is 0 Å². The van der Waals surface area contributed by atoms with E-state index in [-0.39, 0.29) is 12.4 Å². The number of ether oxygens (including phenoxy) is 1. The molecule has 0 bridgehead atoms. The van der Waals surface area contributed by atoms with Crippen LogP contribution in [0.3, 0.4) is 0 Å². The van der Waals surface area contributed by atoms with Crippen LogP contribution in [0.5, 0.6) is 5.75 Å². The van der Waals surface area contributed by atoms with Crippen LogP contribution in [0.1, 0.15) is 16.8 Å². The highest BCUT2D eigenvalue weighted by atomic mass is 35.5. The van der Waals surface area contributed by atoms with Crippen LogP contribution in [0.15, 0.2) is 72.8 Å². The maximum atomic E-state index is 14.3. The van der Waals surface area contributed by atoms with E-state index in [1.54, 1.807) is 19.2 Å². The van der Waals surface area contributed by atoms with E-state index in [0.717, 1.165) is 28.3 Å². The van der Waals surface area contributed by atoms with Gasteiger partial charge in [0.2, 0.25) is 0 Å². The predicted octanol–water partition coefficient (Wildman–Crippen LogP) is 5.08. The van der Waals surface area contributed by atoms with Crippen molar-refractivity contribution in [1.82, 2.24) is 20.3 Å². The van der Waals surface area contributed by atoms with Crippen molar-refractivity contribution in [3.8, 4) is 17.0 Å². The average molecular weight is 437 g/mol. The quantitative estimate of drug-likeness (QED) is 0.418. The van der Waals surface area contributed by atoms with Gasteiger partial charge in [0.25, 0.3) is 0 Å². The summed E-state index contributed by atoms with van der Waals surface area (Å²) < 4.78 is 19.7. The number of nitrogens with zero attached hydrogens (tertiary/aromatic N) is 3. The molecule has 4 rings (SSSR count). The molecular weight excluding hydrogens is 415 g/mol. The minimum Gasteiger partial charge on any atom is -0.496 e. The number of hydrogen-bond acceptors (Lipinski definition) is 4. The Kier molecular flexibility index (Phi) is 6.60. The first-order valence-corrected chi connectivity index (χ1v) is 10.3. The van der Waals surface area contributed by atoms with Crippen LogP contribution >= 0.6 is 11.6 Å². The first-order valence-electron chi connectivity index (χ1n) is 9.90. The number of halogens is 2. The molecule has 0 fully saturated rings. The highest BCUT2D eigenvalue weighted by Crippen LogP contribution is 2.23. The van der Waals surface area contributed by atoms with Gasteiger partial charge >= 0.3 is 0 Å². The minimum atomic E-state index is -0.373. The smallest absolute Gasteiger partial charge is 0.129 e. The second-order valence-electron chi connectivity index (χ2n) is 7.01. The summed E-state index contributed by atoms with van der Waals surface area (Å²) in [6.07, 6.45) is 0. The molecule has 0 saturated carbocycles. The lowest BCUT2D eigenvalue weighted by atomic mass is 10.1. The molecule has 4 aromatic rings. The molecule has 0 spiro atoms. The Balaban J connectivity index is 1.58. The van der Waals surface area contributed by atoms with Crippen LogP contribution in [0.4, 0.5) is 4.39 Å². The normalized spacial score (nSPS) is 10.9. The van der Waals surface area contributed by atoms with Crippen LogP contribution < -0.4 is 10.1 Å². The summed E-state index contributed by atoms with van der Waals surface area (Å²) in [6, 6.07) is 22.3. The number of rotatable bonds is 8. The highest BCUT2D eigenvalue weighted by Gasteiger charge is 2.16. The van der Waals surface area contributed by atoms with Crippen molar-refractivity contribution in [2.45, 2.75) is 19.6 Å². The summed E-state index contributed by atoms with van der Waals surface area (Å²) in [4.78, 5) is 1.49. The van der Waals surface area contributed by atoms with Gasteiger partial charge in [-0.15, -0.1) is 0 Å². The van der Waals surface area contributed by atoms with Crippen LogP contribution in [0.25, 0.3) is 11.3 Å². The van der Waals surface area contributed by atoms with Gasteiger partial charge in [-0.3, -0.25) is 0 Å². The van der Waals surface area contributed by atoms with Crippen molar-refractivity contribution in [2.24, 2.45) is 0 Å². The lowest BCUT2D eigenvalue weighted by Crippen LogP contribution is -2.15. The molecule has 5 nitrogen and oxygen atoms in total. The molecular formula is C24H22ClFN4O. The fourth-order valence-electron chi connectivity index (χ4n) is 3.38. The minimum absolute atomic E-state index is 0.151. The van der Waals surface area contributed by atoms with Gasteiger partial charge in [-0.05, 0) is 18.2 Å². The lowest BCUT2D eigenvalue weighted by Gasteiger charge is -2.09. The number of para-hydroxylation sites is 1. The lowest BCUT2D eigenvalue weighted by molar-refractivity contribution is 0.407. The summed E-state index contributed by atoms with van der Waals surface area (Å²) in [5.41, 5.74) is 3.89. The van der Waals surface area contributed by atoms with Crippen molar-refractivity contribution in [2.75, 3.05) is 7.11 Å². The summed E-state index contributed by atoms with van der Waals surface area (Å²) in [6.45, 7) is 1.26. The number of hydrogen-bond donors (Lipinski definition) is 1. The Morgan fingerprint density at radius 2 is 1.71 bits per heavy atom. The Labute approximate surface area is 185 Å². The van der Waals surface area contributed by atoms with Crippen LogP contribution in [-0.2, 0) is 19.6 Å². The van der Waals surface area contributed by atoms with Crippen LogP contribution in [-0.4, -0.2) is 22.1 Å². The van der Waals surface area contributed by atoms with Gasteiger partial charge in [-0.2, -0.15) is 15.0 Å². The number of aromatic nitrogens is 3. The molecule has 7 heteroatoms. The molecule has 31 heavy (non-hydrogen) atoms. The molecule has 0 saturated heterocycles. The molecule has 0 amide bonds. The molecule has 0 aliphatic rings. The van der Waals surface area contributed by atoms with E-state index in [2.05, 4.69) is 15.5 Å². The van der Waals surface area contributed by atoms with Gasteiger partial charge in [-0.25, -0.2) is 4.39 Å². The van der Waals surface area contributed by atoms with E-state index in [1.165, 1.54) is 10.9 Å². The molecule has 0 unspecified atom stereocenters. The molecule has 0 radical (unpaired) electrons. The van der Waals surface area contributed by atoms with Gasteiger partial charge in [0, 0.05) is 34.8 Å². The van der Waals surface area contributed by atoms with Gasteiger partial charge in [0.1, 0.15) is 23.0 Å². The van der Waals surface area contributed by atoms with Crippen LogP contribution in [0, 0.1) is 5.82 Å². The van der Waals surface area contributed by atoms with Crippen molar-refractivity contribution >= 4 is 11.6 Å². The summed E-state index contributed by atoms with van der Waals surface area (Å²) in [5, 5.41) is 13.0. The number of benzene rings is 3. The van der Waals surface area contributed by atoms with Crippen LogP contribution in [0.2, 0.25) is 5.02 Å². The van der Waals surface area contributed by atoms with E-state index >= 15 is 0 Å². The summed E-state index contributed by atoms with van der Waals surface area (Å²) in [5.74, 6) is 0.457. The Bertz CT molecular complexity index is 1140. The molecule has 1 aromatic heterocycles. The van der Waals surface area contributed by atoms with Gasteiger partial charge in [0.15, 0.2) is 0 Å². The summed E-state index contributed by atoms with van der Waals surface area (Å²) >= 11 is 6.19. The number of methoxy groups -OCH3 is 1. The van der Waals surface area contributed by atoms with Gasteiger partial charge in [0.05, 0.1) is 13.7 Å². The standard InChI is InChI=1S/C24H22ClFN4O/c1-31-23-13-6-5-10-18(23)14-27-15-22-24(17-8-3-2-4-9-17)29-30(28-22)16-19-20(25)11-7-12-21(19)26/h2-13,27H,14-16H2,1H3. The zero-order valence-electron chi connectivity index (χ0n) is 17.1. The fraction of sp³-hybridized carbons (Fsp3) is 0.167. The van der Waals surface area contributed by atoms with Gasteiger partial charge in [-0.1, -0.05) is 66.2 Å². The van der Waals surface area contributed by atoms with Gasteiger partial charge < -0.3 is 10.1 Å². The van der Waals surface area contributed by atoms with Crippen molar-refractivity contribution < 1.29 is 9.13 Å². The summed E-state index contributed by atoms with van der Waals surface area (Å²) in [7, 11) is 1.66. The fourth-order valence-corrected chi connectivity index (χ4v) is 3.60. The van der Waals surface area contributed by atoms with E-state index in [0.29, 0.717) is 23.7 Å². The van der Waals surface area contributed by atoms with E-state index in [1.807, 2.05) is 54.6 Å². The second kappa shape index (κ2) is 9.73. The Hall–Kier alpha value is -3.22. The third-order valence-electron chi connectivity index (χ3n) is 4.93. The zero-order chi connectivity index (χ0) is 21.6. The van der Waals surface area contributed by atoms with E-state index in [9.17, 15) is 4.39 Å². The average Bonchev–Trinajstić information content (AvgIpc) is 3.20. The van der Waals surface area contributed by atoms with E-state index < -0.39 is 0 Å². The van der Waals surface area contributed by atoms with Crippen molar-refractivity contribution in [3.63, 3.8) is 0 Å². The largest absolute Gasteiger partial charge is 0.496 e. The molecule has 1 heterocycles. The Morgan fingerprint density at radius 3 is 2.48 bits per heavy atom. The topological polar surface area (TPSA) is 52.0 Å². The number of nitrogens with one attached hydrogen (secondary N) is 1. The SMILES string of the molecule is COc1ccccc1CNCc1nn(Cc2c(F)cccc2Cl)nc1-c1ccccc1. The molecule has 158 valence electrons. The second-order valence-corrected chi connectivity index (χ2v) is 7.41. The predicted molar refractivity (Wildman–Crippen MR) is 120 cm³/mol. The molecule has 1 N–H and O–H groups in total. The third kappa shape index (κ3) is 4.93.